The van der Waals surface area contributed by atoms with Crippen LogP contribution >= 0.6 is 0 Å². The van der Waals surface area contributed by atoms with E-state index in [1.165, 1.54) is 19.1 Å². The molecule has 2 bridgehead atoms. The lowest BCUT2D eigenvalue weighted by Gasteiger charge is -2.62. The molecule has 5 fully saturated rings. The minimum absolute atomic E-state index is 0.000508. The van der Waals surface area contributed by atoms with Crippen molar-refractivity contribution >= 4 is 17.9 Å². The van der Waals surface area contributed by atoms with Crippen molar-refractivity contribution in [3.8, 4) is 6.07 Å². The molecule has 1 N–H and O–H groups in total. The molecular weight excluding hydrogens is 572 g/mol. The van der Waals surface area contributed by atoms with Gasteiger partial charge in [-0.15, -0.1) is 0 Å². The fourth-order valence-electron chi connectivity index (χ4n) is 11.0. The van der Waals surface area contributed by atoms with Gasteiger partial charge in [-0.1, -0.05) is 40.7 Å². The van der Waals surface area contributed by atoms with Gasteiger partial charge in [0.25, 0.3) is 0 Å². The topological polar surface area (TPSA) is 123 Å². The first kappa shape index (κ1) is 31.2. The number of hydrogen-bond donors (Lipinski definition) is 1. The van der Waals surface area contributed by atoms with Crippen LogP contribution in [0.1, 0.15) is 80.1 Å². The van der Waals surface area contributed by atoms with Gasteiger partial charge in [-0.2, -0.15) is 5.26 Å². The van der Waals surface area contributed by atoms with Crippen molar-refractivity contribution in [2.24, 2.45) is 45.3 Å². The normalized spacial score (nSPS) is 49.7. The number of rotatable bonds is 4. The van der Waals surface area contributed by atoms with Gasteiger partial charge in [0.15, 0.2) is 18.1 Å². The Morgan fingerprint density at radius 2 is 1.82 bits per heavy atom. The molecule has 12 atom stereocenters. The smallest absolute Gasteiger partial charge is 0.447 e. The fraction of sp³-hybridized carbons (Fsp3) is 0.765. The highest BCUT2D eigenvalue weighted by Crippen LogP contribution is 2.72. The number of ketones is 1. The minimum Gasteiger partial charge on any atom is -0.447 e. The molecule has 44 heavy (non-hydrogen) atoms. The number of ether oxygens (including phenoxy) is 3. The second-order valence-corrected chi connectivity index (χ2v) is 15.6. The van der Waals surface area contributed by atoms with Crippen molar-refractivity contribution in [2.45, 2.75) is 110 Å². The SMILES string of the molecule is C[C@@H]1C[C@H]2[C@@H]3C[C@H](F)C4=CC(=O)C=C[C@]4(C)[C@@]3(F)[C@@H](O)C[C@]2(C)[C@@]1(OC(=O)O[C@@H]1C[C@]2(C)CC[C@H]1C2(C)C)C(=O)OCC#N. The zero-order chi connectivity index (χ0) is 32.3. The molecule has 240 valence electrons. The van der Waals surface area contributed by atoms with Crippen molar-refractivity contribution in [3.63, 3.8) is 0 Å². The van der Waals surface area contributed by atoms with Gasteiger partial charge in [0.1, 0.15) is 18.3 Å². The van der Waals surface area contributed by atoms with E-state index in [-0.39, 0.29) is 41.6 Å². The predicted molar refractivity (Wildman–Crippen MR) is 153 cm³/mol. The molecule has 6 aliphatic rings. The molecule has 0 aromatic rings. The average Bonchev–Trinajstić information content (AvgIpc) is 3.39. The Labute approximate surface area is 257 Å². The second kappa shape index (κ2) is 9.60. The third-order valence-corrected chi connectivity index (χ3v) is 13.8. The summed E-state index contributed by atoms with van der Waals surface area (Å²) >= 11 is 0. The van der Waals surface area contributed by atoms with E-state index in [0.29, 0.717) is 6.42 Å². The standard InChI is InChI=1S/C34H43F2NO7/c1-18-13-21-22-15-24(35)23-14-19(38)7-10-31(23,5)33(22,36)26(39)17-32(21,6)34(18,27(40)42-12-11-37)44-28(41)43-25-16-30(4)9-8-20(25)29(30,2)3/h7,10,14,18,20-22,24-26,39H,8-9,12-13,15-17H2,1-6H3/t18-,20-,21+,22+,24+,25-,26+,30+,31+,32+,33+,34+/m1/s1. The number of allylic oxidation sites excluding steroid dienone is 4. The van der Waals surface area contributed by atoms with Crippen LogP contribution in [0, 0.1) is 56.7 Å². The van der Waals surface area contributed by atoms with Crippen molar-refractivity contribution in [3.05, 3.63) is 23.8 Å². The summed E-state index contributed by atoms with van der Waals surface area (Å²) in [6, 6.07) is 1.77. The quantitative estimate of drug-likeness (QED) is 0.398. The number of esters is 1. The molecule has 0 unspecified atom stereocenters. The van der Waals surface area contributed by atoms with Crippen LogP contribution in [0.5, 0.6) is 0 Å². The number of aliphatic hydroxyl groups is 1. The van der Waals surface area contributed by atoms with Crippen LogP contribution in [0.25, 0.3) is 0 Å². The average molecular weight is 616 g/mol. The number of nitriles is 1. The maximum atomic E-state index is 17.6. The van der Waals surface area contributed by atoms with Crippen LogP contribution in [-0.2, 0) is 23.8 Å². The molecule has 0 spiro atoms. The highest BCUT2D eigenvalue weighted by atomic mass is 19.1. The molecule has 6 aliphatic carbocycles. The number of carbonyl (C=O) groups is 3. The van der Waals surface area contributed by atoms with Crippen molar-refractivity contribution in [1.29, 1.82) is 5.26 Å². The molecule has 0 saturated heterocycles. The number of aliphatic hydroxyl groups excluding tert-OH is 1. The van der Waals surface area contributed by atoms with Gasteiger partial charge in [-0.05, 0) is 79.9 Å². The summed E-state index contributed by atoms with van der Waals surface area (Å²) in [6.45, 7) is 10.8. The summed E-state index contributed by atoms with van der Waals surface area (Å²) < 4.78 is 50.9. The second-order valence-electron chi connectivity index (χ2n) is 15.6. The number of halogens is 2. The van der Waals surface area contributed by atoms with E-state index in [9.17, 15) is 24.8 Å². The molecule has 10 heteroatoms. The predicted octanol–water partition coefficient (Wildman–Crippen LogP) is 5.72. The monoisotopic (exact) mass is 615 g/mol. The molecular formula is C34H43F2NO7. The molecule has 0 radical (unpaired) electrons. The Bertz CT molecular complexity index is 1400. The third-order valence-electron chi connectivity index (χ3n) is 13.8. The molecule has 0 amide bonds. The molecule has 8 nitrogen and oxygen atoms in total. The molecule has 0 aliphatic heterocycles. The molecule has 0 heterocycles. The Morgan fingerprint density at radius 3 is 2.43 bits per heavy atom. The summed E-state index contributed by atoms with van der Waals surface area (Å²) in [5.41, 5.74) is -7.42. The molecule has 6 rings (SSSR count). The first-order valence-electron chi connectivity index (χ1n) is 15.8. The summed E-state index contributed by atoms with van der Waals surface area (Å²) in [4.78, 5) is 39.8. The number of fused-ring (bicyclic) bond motifs is 7. The van der Waals surface area contributed by atoms with E-state index in [1.54, 1.807) is 19.9 Å². The maximum Gasteiger partial charge on any atom is 0.509 e. The lowest BCUT2D eigenvalue weighted by molar-refractivity contribution is -0.234. The van der Waals surface area contributed by atoms with Gasteiger partial charge in [0, 0.05) is 28.6 Å². The Morgan fingerprint density at radius 1 is 1.11 bits per heavy atom. The first-order valence-corrected chi connectivity index (χ1v) is 15.8. The van der Waals surface area contributed by atoms with Crippen LogP contribution in [0.3, 0.4) is 0 Å². The van der Waals surface area contributed by atoms with Gasteiger partial charge in [0.05, 0.1) is 6.10 Å². The summed E-state index contributed by atoms with van der Waals surface area (Å²) in [7, 11) is 0. The van der Waals surface area contributed by atoms with E-state index in [0.717, 1.165) is 18.9 Å². The lowest BCUT2D eigenvalue weighted by atomic mass is 9.44. The zero-order valence-corrected chi connectivity index (χ0v) is 26.3. The third kappa shape index (κ3) is 3.65. The van der Waals surface area contributed by atoms with Crippen molar-refractivity contribution in [2.75, 3.05) is 6.61 Å². The zero-order valence-electron chi connectivity index (χ0n) is 26.3. The molecule has 0 aromatic heterocycles. The van der Waals surface area contributed by atoms with Crippen LogP contribution in [0.4, 0.5) is 13.6 Å². The number of nitrogens with zero attached hydrogens (tertiary/aromatic N) is 1. The van der Waals surface area contributed by atoms with Crippen LogP contribution in [-0.4, -0.2) is 59.3 Å². The van der Waals surface area contributed by atoms with Gasteiger partial charge in [-0.3, -0.25) is 4.79 Å². The molecule has 0 aromatic carbocycles. The van der Waals surface area contributed by atoms with Crippen molar-refractivity contribution in [1.82, 2.24) is 0 Å². The number of hydrogen-bond acceptors (Lipinski definition) is 8. The fourth-order valence-corrected chi connectivity index (χ4v) is 11.0. The van der Waals surface area contributed by atoms with E-state index in [2.05, 4.69) is 20.8 Å². The van der Waals surface area contributed by atoms with Gasteiger partial charge >= 0.3 is 12.1 Å². The largest absolute Gasteiger partial charge is 0.509 e. The highest BCUT2D eigenvalue weighted by Gasteiger charge is 2.79. The lowest BCUT2D eigenvalue weighted by Crippen LogP contribution is -2.71. The van der Waals surface area contributed by atoms with E-state index < -0.39 is 82.7 Å². The minimum atomic E-state index is -2.36. The molecule has 5 saturated carbocycles. The highest BCUT2D eigenvalue weighted by molar-refractivity contribution is 6.01. The van der Waals surface area contributed by atoms with E-state index >= 15 is 8.78 Å². The summed E-state index contributed by atoms with van der Waals surface area (Å²) in [5, 5.41) is 20.9. The Balaban J connectivity index is 1.37. The van der Waals surface area contributed by atoms with E-state index in [1.807, 2.05) is 0 Å². The maximum absolute atomic E-state index is 17.6. The number of carbonyl (C=O) groups excluding carboxylic acids is 3. The number of alkyl halides is 2. The van der Waals surface area contributed by atoms with Gasteiger partial charge in [0.2, 0.25) is 5.60 Å². The van der Waals surface area contributed by atoms with Gasteiger partial charge in [-0.25, -0.2) is 18.4 Å². The van der Waals surface area contributed by atoms with E-state index in [4.69, 9.17) is 14.2 Å². The summed E-state index contributed by atoms with van der Waals surface area (Å²) in [6.07, 6.45) is 1.03. The Hall–Kier alpha value is -2.80. The summed E-state index contributed by atoms with van der Waals surface area (Å²) in [5.74, 6) is -3.80. The van der Waals surface area contributed by atoms with Crippen LogP contribution in [0.15, 0.2) is 23.8 Å². The van der Waals surface area contributed by atoms with Gasteiger partial charge < -0.3 is 19.3 Å². The van der Waals surface area contributed by atoms with Crippen LogP contribution < -0.4 is 0 Å². The first-order chi connectivity index (χ1) is 20.4. The van der Waals surface area contributed by atoms with Crippen LogP contribution in [0.2, 0.25) is 0 Å². The van der Waals surface area contributed by atoms with Crippen molar-refractivity contribution < 1.29 is 42.5 Å². The Kier molecular flexibility index (Phi) is 6.81.